The zero-order chi connectivity index (χ0) is 31.7. The van der Waals surface area contributed by atoms with E-state index in [2.05, 4.69) is 10.6 Å². The number of fused-ring (bicyclic) bond motifs is 2. The number of carbonyl (C=O) groups excluding carboxylic acids is 1. The van der Waals surface area contributed by atoms with E-state index in [1.54, 1.807) is 43.7 Å². The second kappa shape index (κ2) is 12.3. The van der Waals surface area contributed by atoms with Crippen LogP contribution in [0.3, 0.4) is 0 Å². The summed E-state index contributed by atoms with van der Waals surface area (Å²) in [5.74, 6) is 0.498. The van der Waals surface area contributed by atoms with Gasteiger partial charge in [0.2, 0.25) is 0 Å². The first-order valence-electron chi connectivity index (χ1n) is 14.4. The smallest absolute Gasteiger partial charge is 0.338 e. The zero-order valence-corrected chi connectivity index (χ0v) is 26.1. The van der Waals surface area contributed by atoms with Gasteiger partial charge in [0.15, 0.2) is 4.80 Å². The van der Waals surface area contributed by atoms with E-state index in [-0.39, 0.29) is 17.7 Å². The number of hydrogen-bond donors (Lipinski definition) is 0. The van der Waals surface area contributed by atoms with Crippen LogP contribution >= 0.6 is 11.3 Å². The fraction of sp³-hybridized carbons (Fsp3) is 0.200. The fourth-order valence-corrected chi connectivity index (χ4v) is 6.78. The summed E-state index contributed by atoms with van der Waals surface area (Å²) in [6, 6.07) is 22.2. The fourth-order valence-electron chi connectivity index (χ4n) is 5.74. The van der Waals surface area contributed by atoms with Crippen LogP contribution < -0.4 is 24.4 Å². The van der Waals surface area contributed by atoms with Gasteiger partial charge in [0.05, 0.1) is 48.3 Å². The van der Waals surface area contributed by atoms with Crippen LogP contribution in [0.15, 0.2) is 94.0 Å². The van der Waals surface area contributed by atoms with Crippen LogP contribution in [0.4, 0.5) is 0 Å². The summed E-state index contributed by atoms with van der Waals surface area (Å²) < 4.78 is 20.6. The number of nitriles is 1. The van der Waals surface area contributed by atoms with Crippen molar-refractivity contribution < 1.29 is 19.0 Å². The summed E-state index contributed by atoms with van der Waals surface area (Å²) in [5.41, 5.74) is 4.41. The van der Waals surface area contributed by atoms with E-state index in [1.807, 2.05) is 60.8 Å². The summed E-state index contributed by atoms with van der Waals surface area (Å²) in [6.07, 6.45) is 3.86. The lowest BCUT2D eigenvalue weighted by molar-refractivity contribution is -0.139. The number of ether oxygens (including phenoxy) is 3. The minimum Gasteiger partial charge on any atom is -0.497 e. The quantitative estimate of drug-likeness (QED) is 0.234. The Kier molecular flexibility index (Phi) is 8.11. The largest absolute Gasteiger partial charge is 0.497 e. The van der Waals surface area contributed by atoms with Crippen molar-refractivity contribution in [2.75, 3.05) is 20.8 Å². The number of thiazole rings is 1. The predicted molar refractivity (Wildman–Crippen MR) is 172 cm³/mol. The van der Waals surface area contributed by atoms with Crippen LogP contribution in [-0.2, 0) is 16.1 Å². The number of carbonyl (C=O) groups is 1. The first kappa shape index (κ1) is 29.7. The molecule has 10 heteroatoms. The van der Waals surface area contributed by atoms with Gasteiger partial charge in [-0.25, -0.2) is 9.79 Å². The van der Waals surface area contributed by atoms with Crippen molar-refractivity contribution in [3.05, 3.63) is 126 Å². The first-order chi connectivity index (χ1) is 21.9. The molecule has 0 aliphatic carbocycles. The Morgan fingerprint density at radius 1 is 1.09 bits per heavy atom. The van der Waals surface area contributed by atoms with Gasteiger partial charge in [-0.15, -0.1) is 0 Å². The Morgan fingerprint density at radius 3 is 2.62 bits per heavy atom. The lowest BCUT2D eigenvalue weighted by Crippen LogP contribution is -2.40. The predicted octanol–water partition coefficient (Wildman–Crippen LogP) is 4.69. The number of esters is 1. The Hall–Kier alpha value is -5.40. The lowest BCUT2D eigenvalue weighted by Gasteiger charge is -2.26. The van der Waals surface area contributed by atoms with Crippen molar-refractivity contribution in [3.8, 4) is 17.6 Å². The van der Waals surface area contributed by atoms with Crippen molar-refractivity contribution in [1.29, 1.82) is 5.26 Å². The third-order valence-electron chi connectivity index (χ3n) is 7.84. The normalized spacial score (nSPS) is 14.6. The van der Waals surface area contributed by atoms with E-state index in [4.69, 9.17) is 19.2 Å². The molecule has 0 fully saturated rings. The molecule has 45 heavy (non-hydrogen) atoms. The molecule has 0 bridgehead atoms. The number of benzene rings is 3. The Morgan fingerprint density at radius 2 is 1.87 bits per heavy atom. The van der Waals surface area contributed by atoms with Crippen LogP contribution in [0, 0.1) is 11.3 Å². The number of nitrogens with zero attached hydrogens (tertiary/aromatic N) is 4. The van der Waals surface area contributed by atoms with E-state index in [0.29, 0.717) is 44.2 Å². The van der Waals surface area contributed by atoms with E-state index >= 15 is 0 Å². The van der Waals surface area contributed by atoms with E-state index < -0.39 is 12.0 Å². The molecule has 0 amide bonds. The van der Waals surface area contributed by atoms with Gasteiger partial charge < -0.3 is 18.8 Å². The number of allylic oxidation sites excluding steroid dienone is 1. The van der Waals surface area contributed by atoms with Crippen molar-refractivity contribution >= 4 is 34.3 Å². The number of rotatable bonds is 8. The molecule has 2 aromatic heterocycles. The van der Waals surface area contributed by atoms with E-state index in [1.165, 1.54) is 18.4 Å². The second-order valence-electron chi connectivity index (χ2n) is 10.4. The molecular formula is C35H30N4O5S. The molecule has 0 unspecified atom stereocenters. The molecule has 0 N–H and O–H groups in total. The van der Waals surface area contributed by atoms with E-state index in [0.717, 1.165) is 22.0 Å². The first-order valence-corrected chi connectivity index (χ1v) is 15.2. The average molecular weight is 619 g/mol. The monoisotopic (exact) mass is 618 g/mol. The number of methoxy groups -OCH3 is 2. The Bertz CT molecular complexity index is 2220. The molecule has 0 radical (unpaired) electrons. The van der Waals surface area contributed by atoms with Gasteiger partial charge in [-0.1, -0.05) is 47.7 Å². The summed E-state index contributed by atoms with van der Waals surface area (Å²) in [7, 11) is 3.10. The molecular weight excluding hydrogens is 588 g/mol. The van der Waals surface area contributed by atoms with Crippen LogP contribution in [-0.4, -0.2) is 35.9 Å². The highest BCUT2D eigenvalue weighted by atomic mass is 32.1. The third-order valence-corrected chi connectivity index (χ3v) is 8.82. The van der Waals surface area contributed by atoms with Crippen molar-refractivity contribution in [3.63, 3.8) is 0 Å². The summed E-state index contributed by atoms with van der Waals surface area (Å²) >= 11 is 1.26. The highest BCUT2D eigenvalue weighted by Crippen LogP contribution is 2.37. The van der Waals surface area contributed by atoms with Gasteiger partial charge in [-0.05, 0) is 49.8 Å². The molecule has 0 spiro atoms. The van der Waals surface area contributed by atoms with Crippen molar-refractivity contribution in [2.24, 2.45) is 4.99 Å². The van der Waals surface area contributed by atoms with Gasteiger partial charge in [0.25, 0.3) is 5.56 Å². The van der Waals surface area contributed by atoms with Crippen LogP contribution in [0.2, 0.25) is 0 Å². The van der Waals surface area contributed by atoms with Gasteiger partial charge in [-0.2, -0.15) is 5.26 Å². The minimum atomic E-state index is -0.827. The van der Waals surface area contributed by atoms with Crippen molar-refractivity contribution in [2.45, 2.75) is 26.4 Å². The summed E-state index contributed by atoms with van der Waals surface area (Å²) in [5, 5.41) is 10.6. The molecule has 3 aromatic carbocycles. The minimum absolute atomic E-state index is 0.176. The molecule has 1 atom stereocenters. The maximum absolute atomic E-state index is 14.3. The lowest BCUT2D eigenvalue weighted by atomic mass is 9.95. The van der Waals surface area contributed by atoms with Gasteiger partial charge in [0.1, 0.15) is 17.5 Å². The number of hydrogen-bond acceptors (Lipinski definition) is 8. The third kappa shape index (κ3) is 5.32. The van der Waals surface area contributed by atoms with E-state index in [9.17, 15) is 14.9 Å². The summed E-state index contributed by atoms with van der Waals surface area (Å²) in [6.45, 7) is 4.16. The van der Waals surface area contributed by atoms with Crippen LogP contribution in [0.1, 0.15) is 42.1 Å². The molecule has 226 valence electrons. The average Bonchev–Trinajstić information content (AvgIpc) is 3.56. The number of aromatic nitrogens is 2. The van der Waals surface area contributed by atoms with Gasteiger partial charge >= 0.3 is 5.97 Å². The molecule has 1 aliphatic heterocycles. The molecule has 3 heterocycles. The molecule has 5 aromatic rings. The van der Waals surface area contributed by atoms with Crippen LogP contribution in [0.5, 0.6) is 11.5 Å². The molecule has 0 saturated carbocycles. The summed E-state index contributed by atoms with van der Waals surface area (Å²) in [4.78, 5) is 32.8. The Labute approximate surface area is 263 Å². The number of para-hydroxylation sites is 1. The molecule has 1 aliphatic rings. The molecule has 9 nitrogen and oxygen atoms in total. The van der Waals surface area contributed by atoms with Crippen molar-refractivity contribution in [1.82, 2.24) is 9.13 Å². The molecule has 0 saturated heterocycles. The SMILES string of the molecule is CCOC(=O)C1=C(C)N=c2s/c(=C/c3cn(Cc4ccccc4C#N)c4ccccc34)c(=O)n2[C@@H]1c1ccc(OC)cc1OC. The Balaban J connectivity index is 1.54. The highest BCUT2D eigenvalue weighted by Gasteiger charge is 2.35. The van der Waals surface area contributed by atoms with Crippen LogP contribution in [0.25, 0.3) is 17.0 Å². The van der Waals surface area contributed by atoms with Gasteiger partial charge in [-0.3, -0.25) is 9.36 Å². The zero-order valence-electron chi connectivity index (χ0n) is 25.2. The topological polar surface area (TPSA) is 108 Å². The standard InChI is InChI=1S/C35H30N4O5S/c1-5-44-34(41)31-21(2)37-35-39(32(31)27-15-14-25(42-3)17-29(27)43-4)33(40)30(45-35)16-24-20-38(28-13-9-8-12-26(24)28)19-23-11-7-6-10-22(23)18-36/h6-17,20,32H,5,19H2,1-4H3/b30-16+/t32-/m1/s1. The molecule has 6 rings (SSSR count). The maximum Gasteiger partial charge on any atom is 0.338 e. The highest BCUT2D eigenvalue weighted by molar-refractivity contribution is 7.07. The second-order valence-corrected chi connectivity index (χ2v) is 11.4. The maximum atomic E-state index is 14.3. The van der Waals surface area contributed by atoms with Gasteiger partial charge in [0, 0.05) is 40.8 Å².